The molecule has 17 heavy (non-hydrogen) atoms. The molecule has 1 heterocycles. The van der Waals surface area contributed by atoms with Crippen LogP contribution in [0.25, 0.3) is 0 Å². The van der Waals surface area contributed by atoms with Gasteiger partial charge in [-0.15, -0.1) is 11.3 Å². The van der Waals surface area contributed by atoms with Crippen LogP contribution in [0.3, 0.4) is 0 Å². The van der Waals surface area contributed by atoms with E-state index in [0.717, 1.165) is 4.88 Å². The maximum Gasteiger partial charge on any atom is 0.165 e. The lowest BCUT2D eigenvalue weighted by Crippen LogP contribution is -2.28. The average molecular weight is 251 g/mol. The van der Waals surface area contributed by atoms with Gasteiger partial charge in [-0.2, -0.15) is 0 Å². The van der Waals surface area contributed by atoms with E-state index in [-0.39, 0.29) is 23.7 Å². The van der Waals surface area contributed by atoms with Gasteiger partial charge >= 0.3 is 0 Å². The molecule has 0 radical (unpaired) electrons. The Morgan fingerprint density at radius 1 is 1.24 bits per heavy atom. The fraction of sp³-hybridized carbons (Fsp3) is 0.231. The topological polar surface area (TPSA) is 35.2 Å². The van der Waals surface area contributed by atoms with Crippen molar-refractivity contribution < 1.29 is 9.13 Å². The lowest BCUT2D eigenvalue weighted by atomic mass is 10.1. The van der Waals surface area contributed by atoms with Crippen molar-refractivity contribution in [1.29, 1.82) is 0 Å². The Morgan fingerprint density at radius 3 is 2.59 bits per heavy atom. The summed E-state index contributed by atoms with van der Waals surface area (Å²) in [6.45, 7) is 1.85. The molecule has 4 heteroatoms. The number of nitrogens with two attached hydrogens (primary N) is 1. The van der Waals surface area contributed by atoms with Crippen LogP contribution in [-0.4, -0.2) is 6.04 Å². The van der Waals surface area contributed by atoms with Gasteiger partial charge in [0.15, 0.2) is 11.6 Å². The minimum absolute atomic E-state index is 0.201. The molecule has 1 aromatic carbocycles. The highest BCUT2D eigenvalue weighted by Crippen LogP contribution is 2.28. The average Bonchev–Trinajstić information content (AvgIpc) is 2.81. The van der Waals surface area contributed by atoms with Crippen LogP contribution in [0.4, 0.5) is 4.39 Å². The smallest absolute Gasteiger partial charge is 0.165 e. The highest BCUT2D eigenvalue weighted by molar-refractivity contribution is 7.10. The van der Waals surface area contributed by atoms with Crippen LogP contribution in [0.5, 0.6) is 5.75 Å². The molecule has 0 saturated heterocycles. The molecule has 0 aliphatic carbocycles. The van der Waals surface area contributed by atoms with E-state index < -0.39 is 0 Å². The van der Waals surface area contributed by atoms with E-state index >= 15 is 0 Å². The lowest BCUT2D eigenvalue weighted by molar-refractivity contribution is 0.176. The molecule has 0 aliphatic rings. The third kappa shape index (κ3) is 2.84. The number of thiophene rings is 1. The fourth-order valence-corrected chi connectivity index (χ4v) is 2.42. The molecule has 2 atom stereocenters. The van der Waals surface area contributed by atoms with Gasteiger partial charge in [-0.1, -0.05) is 18.2 Å². The van der Waals surface area contributed by atoms with Gasteiger partial charge < -0.3 is 10.5 Å². The fourth-order valence-electron chi connectivity index (χ4n) is 1.55. The van der Waals surface area contributed by atoms with Crippen molar-refractivity contribution in [2.24, 2.45) is 5.73 Å². The molecule has 2 nitrogen and oxygen atoms in total. The largest absolute Gasteiger partial charge is 0.480 e. The minimum atomic E-state index is -0.366. The van der Waals surface area contributed by atoms with Gasteiger partial charge in [0, 0.05) is 10.9 Å². The first-order chi connectivity index (χ1) is 8.18. The Labute approximate surface area is 104 Å². The Kier molecular flexibility index (Phi) is 3.76. The van der Waals surface area contributed by atoms with Gasteiger partial charge in [0.25, 0.3) is 0 Å². The van der Waals surface area contributed by atoms with Gasteiger partial charge in [0.05, 0.1) is 0 Å². The summed E-state index contributed by atoms with van der Waals surface area (Å²) in [7, 11) is 0. The number of para-hydroxylation sites is 1. The molecule has 0 amide bonds. The second-order valence-corrected chi connectivity index (χ2v) is 4.82. The van der Waals surface area contributed by atoms with Crippen molar-refractivity contribution in [1.82, 2.24) is 0 Å². The van der Waals surface area contributed by atoms with Gasteiger partial charge in [0.1, 0.15) is 6.10 Å². The number of halogens is 1. The Balaban J connectivity index is 2.23. The zero-order valence-corrected chi connectivity index (χ0v) is 10.3. The van der Waals surface area contributed by atoms with Crippen molar-refractivity contribution in [3.63, 3.8) is 0 Å². The molecule has 2 rings (SSSR count). The van der Waals surface area contributed by atoms with E-state index in [0.29, 0.717) is 0 Å². The van der Waals surface area contributed by atoms with Crippen LogP contribution in [0, 0.1) is 5.82 Å². The van der Waals surface area contributed by atoms with Crippen LogP contribution in [0.1, 0.15) is 17.9 Å². The third-order valence-electron chi connectivity index (χ3n) is 2.39. The van der Waals surface area contributed by atoms with Crippen molar-refractivity contribution >= 4 is 11.3 Å². The first-order valence-corrected chi connectivity index (χ1v) is 6.26. The normalized spacial score (nSPS) is 14.3. The van der Waals surface area contributed by atoms with Crippen LogP contribution in [0.2, 0.25) is 0 Å². The van der Waals surface area contributed by atoms with Crippen molar-refractivity contribution in [2.75, 3.05) is 0 Å². The Morgan fingerprint density at radius 2 is 2.00 bits per heavy atom. The van der Waals surface area contributed by atoms with E-state index in [9.17, 15) is 4.39 Å². The summed E-state index contributed by atoms with van der Waals surface area (Å²) in [5.74, 6) is -0.127. The SMILES string of the molecule is CC(N)C(Oc1ccccc1F)c1cccs1. The predicted octanol–water partition coefficient (Wildman–Crippen LogP) is 3.35. The number of ether oxygens (including phenoxy) is 1. The molecule has 90 valence electrons. The van der Waals surface area contributed by atoms with E-state index in [2.05, 4.69) is 0 Å². The van der Waals surface area contributed by atoms with E-state index in [1.165, 1.54) is 6.07 Å². The first kappa shape index (κ1) is 12.1. The number of hydrogen-bond acceptors (Lipinski definition) is 3. The zero-order chi connectivity index (χ0) is 12.3. The van der Waals surface area contributed by atoms with Gasteiger partial charge in [-0.05, 0) is 30.5 Å². The monoisotopic (exact) mass is 251 g/mol. The molecular formula is C13H14FNOS. The molecule has 2 unspecified atom stereocenters. The quantitative estimate of drug-likeness (QED) is 0.904. The van der Waals surface area contributed by atoms with E-state index in [4.69, 9.17) is 10.5 Å². The van der Waals surface area contributed by atoms with Gasteiger partial charge in [-0.3, -0.25) is 0 Å². The molecule has 0 fully saturated rings. The summed E-state index contributed by atoms with van der Waals surface area (Å²) >= 11 is 1.56. The number of benzene rings is 1. The summed E-state index contributed by atoms with van der Waals surface area (Å²) in [4.78, 5) is 1.00. The van der Waals surface area contributed by atoms with Gasteiger partial charge in [0.2, 0.25) is 0 Å². The lowest BCUT2D eigenvalue weighted by Gasteiger charge is -2.21. The third-order valence-corrected chi connectivity index (χ3v) is 3.33. The molecular weight excluding hydrogens is 237 g/mol. The second kappa shape index (κ2) is 5.29. The molecule has 1 aromatic heterocycles. The van der Waals surface area contributed by atoms with Crippen LogP contribution >= 0.6 is 11.3 Å². The minimum Gasteiger partial charge on any atom is -0.480 e. The highest BCUT2D eigenvalue weighted by Gasteiger charge is 2.20. The maximum absolute atomic E-state index is 13.5. The first-order valence-electron chi connectivity index (χ1n) is 5.38. The van der Waals surface area contributed by atoms with Gasteiger partial charge in [-0.25, -0.2) is 4.39 Å². The molecule has 2 N–H and O–H groups in total. The van der Waals surface area contributed by atoms with Crippen molar-refractivity contribution in [3.8, 4) is 5.75 Å². The summed E-state index contributed by atoms with van der Waals surface area (Å²) in [5, 5.41) is 1.95. The van der Waals surface area contributed by atoms with Crippen molar-refractivity contribution in [3.05, 3.63) is 52.5 Å². The van der Waals surface area contributed by atoms with E-state index in [1.54, 1.807) is 29.5 Å². The number of rotatable bonds is 4. The molecule has 0 aliphatic heterocycles. The Bertz CT molecular complexity index is 470. The van der Waals surface area contributed by atoms with Crippen molar-refractivity contribution in [2.45, 2.75) is 19.1 Å². The molecule has 0 bridgehead atoms. The zero-order valence-electron chi connectivity index (χ0n) is 9.47. The maximum atomic E-state index is 13.5. The predicted molar refractivity (Wildman–Crippen MR) is 67.7 cm³/mol. The van der Waals surface area contributed by atoms with E-state index in [1.807, 2.05) is 24.4 Å². The van der Waals surface area contributed by atoms with Crippen LogP contribution < -0.4 is 10.5 Å². The summed E-state index contributed by atoms with van der Waals surface area (Å²) < 4.78 is 19.2. The Hall–Kier alpha value is -1.39. The molecule has 2 aromatic rings. The summed E-state index contributed by atoms with van der Waals surface area (Å²) in [6.07, 6.45) is -0.313. The summed E-state index contributed by atoms with van der Waals surface area (Å²) in [5.41, 5.74) is 5.88. The highest BCUT2D eigenvalue weighted by atomic mass is 32.1. The molecule has 0 spiro atoms. The summed E-state index contributed by atoms with van der Waals surface area (Å²) in [6, 6.07) is 10.0. The second-order valence-electron chi connectivity index (χ2n) is 3.84. The standard InChI is InChI=1S/C13H14FNOS/c1-9(15)13(12-7-4-8-17-12)16-11-6-3-2-5-10(11)14/h2-9,13H,15H2,1H3. The van der Waals surface area contributed by atoms with Crippen LogP contribution in [0.15, 0.2) is 41.8 Å². The van der Waals surface area contributed by atoms with Crippen LogP contribution in [-0.2, 0) is 0 Å². The number of hydrogen-bond donors (Lipinski definition) is 1. The molecule has 0 saturated carbocycles.